The van der Waals surface area contributed by atoms with E-state index in [0.29, 0.717) is 34.4 Å². The molecule has 146 valence electrons. The summed E-state index contributed by atoms with van der Waals surface area (Å²) in [5.41, 5.74) is 2.69. The Morgan fingerprint density at radius 3 is 1.50 bits per heavy atom. The first-order chi connectivity index (χ1) is 13.6. The molecule has 3 aromatic rings. The van der Waals surface area contributed by atoms with Gasteiger partial charge < -0.3 is 23.7 Å². The normalized spacial score (nSPS) is 10.3. The average Bonchev–Trinajstić information content (AvgIpc) is 2.77. The predicted octanol–water partition coefficient (Wildman–Crippen LogP) is 3.25. The number of hydrogen-bond donors (Lipinski definition) is 0. The van der Waals surface area contributed by atoms with Gasteiger partial charge in [-0.3, -0.25) is 0 Å². The standard InChI is InChI=1S/C20H21N3O5/c1-24-14-8-6-12(10-16(14)26-3)18-19(22-23-20(21-18)28-5)13-7-9-15(25-2)17(11-13)27-4/h6-11H,1-5H3. The largest absolute Gasteiger partial charge is 0.493 e. The molecule has 8 heteroatoms. The molecule has 0 aliphatic carbocycles. The van der Waals surface area contributed by atoms with Crippen LogP contribution in [0.1, 0.15) is 0 Å². The molecule has 0 amide bonds. The van der Waals surface area contributed by atoms with Gasteiger partial charge in [-0.05, 0) is 36.4 Å². The molecule has 2 aromatic carbocycles. The zero-order chi connectivity index (χ0) is 20.1. The smallest absolute Gasteiger partial charge is 0.336 e. The lowest BCUT2D eigenvalue weighted by molar-refractivity contribution is 0.355. The monoisotopic (exact) mass is 383 g/mol. The Labute approximate surface area is 163 Å². The summed E-state index contributed by atoms with van der Waals surface area (Å²) in [6, 6.07) is 11.2. The first-order valence-corrected chi connectivity index (χ1v) is 8.38. The molecule has 0 radical (unpaired) electrons. The Balaban J connectivity index is 2.19. The molecule has 28 heavy (non-hydrogen) atoms. The minimum Gasteiger partial charge on any atom is -0.493 e. The van der Waals surface area contributed by atoms with Crippen molar-refractivity contribution in [3.05, 3.63) is 36.4 Å². The highest BCUT2D eigenvalue weighted by molar-refractivity contribution is 5.80. The molecule has 1 heterocycles. The van der Waals surface area contributed by atoms with Gasteiger partial charge in [-0.2, -0.15) is 4.98 Å². The van der Waals surface area contributed by atoms with E-state index in [1.54, 1.807) is 40.6 Å². The van der Waals surface area contributed by atoms with Crippen LogP contribution in [0.2, 0.25) is 0 Å². The van der Waals surface area contributed by atoms with Crippen molar-refractivity contribution in [3.8, 4) is 51.5 Å². The fraction of sp³-hybridized carbons (Fsp3) is 0.250. The molecule has 0 aliphatic heterocycles. The highest BCUT2D eigenvalue weighted by Gasteiger charge is 2.17. The van der Waals surface area contributed by atoms with Crippen molar-refractivity contribution < 1.29 is 23.7 Å². The molecule has 0 N–H and O–H groups in total. The molecule has 3 rings (SSSR count). The van der Waals surface area contributed by atoms with Gasteiger partial charge in [0.25, 0.3) is 0 Å². The van der Waals surface area contributed by atoms with Gasteiger partial charge in [0.05, 0.1) is 35.5 Å². The van der Waals surface area contributed by atoms with E-state index in [2.05, 4.69) is 15.2 Å². The third-order valence-electron chi connectivity index (χ3n) is 4.16. The van der Waals surface area contributed by atoms with Crippen LogP contribution in [0.25, 0.3) is 22.5 Å². The lowest BCUT2D eigenvalue weighted by Gasteiger charge is -2.13. The molecule has 0 saturated heterocycles. The van der Waals surface area contributed by atoms with Gasteiger partial charge in [0, 0.05) is 11.1 Å². The Morgan fingerprint density at radius 2 is 1.04 bits per heavy atom. The van der Waals surface area contributed by atoms with Gasteiger partial charge in [0.2, 0.25) is 0 Å². The average molecular weight is 383 g/mol. The van der Waals surface area contributed by atoms with E-state index in [1.165, 1.54) is 7.11 Å². The second-order valence-corrected chi connectivity index (χ2v) is 5.64. The van der Waals surface area contributed by atoms with E-state index in [-0.39, 0.29) is 6.01 Å². The van der Waals surface area contributed by atoms with E-state index < -0.39 is 0 Å². The highest BCUT2D eigenvalue weighted by Crippen LogP contribution is 2.38. The molecule has 1 aromatic heterocycles. The van der Waals surface area contributed by atoms with Crippen LogP contribution in [0.15, 0.2) is 36.4 Å². The van der Waals surface area contributed by atoms with E-state index in [0.717, 1.165) is 11.1 Å². The minimum absolute atomic E-state index is 0.161. The summed E-state index contributed by atoms with van der Waals surface area (Å²) in [4.78, 5) is 4.50. The van der Waals surface area contributed by atoms with Crippen molar-refractivity contribution in [1.82, 2.24) is 15.2 Å². The van der Waals surface area contributed by atoms with Crippen LogP contribution in [0.5, 0.6) is 29.0 Å². The predicted molar refractivity (Wildman–Crippen MR) is 103 cm³/mol. The quantitative estimate of drug-likeness (QED) is 0.615. The van der Waals surface area contributed by atoms with E-state index in [4.69, 9.17) is 23.7 Å². The van der Waals surface area contributed by atoms with Gasteiger partial charge in [0.1, 0.15) is 11.4 Å². The Kier molecular flexibility index (Phi) is 5.78. The van der Waals surface area contributed by atoms with E-state index in [9.17, 15) is 0 Å². The lowest BCUT2D eigenvalue weighted by atomic mass is 10.0. The number of aromatic nitrogens is 3. The van der Waals surface area contributed by atoms with E-state index >= 15 is 0 Å². The van der Waals surface area contributed by atoms with Crippen LogP contribution in [0.4, 0.5) is 0 Å². The summed E-state index contributed by atoms with van der Waals surface area (Å²) in [5, 5.41) is 8.34. The summed E-state index contributed by atoms with van der Waals surface area (Å²) in [7, 11) is 7.82. The lowest BCUT2D eigenvalue weighted by Crippen LogP contribution is -2.01. The van der Waals surface area contributed by atoms with Crippen molar-refractivity contribution in [2.75, 3.05) is 35.5 Å². The van der Waals surface area contributed by atoms with Crippen LogP contribution in [0.3, 0.4) is 0 Å². The summed E-state index contributed by atoms with van der Waals surface area (Å²) in [6.07, 6.45) is 0. The van der Waals surface area contributed by atoms with Crippen molar-refractivity contribution in [2.45, 2.75) is 0 Å². The fourth-order valence-electron chi connectivity index (χ4n) is 2.76. The molecule has 0 aliphatic rings. The second-order valence-electron chi connectivity index (χ2n) is 5.64. The van der Waals surface area contributed by atoms with Crippen LogP contribution in [0, 0.1) is 0 Å². The van der Waals surface area contributed by atoms with Gasteiger partial charge in [-0.15, -0.1) is 5.10 Å². The number of rotatable bonds is 7. The molecule has 0 saturated carbocycles. The number of methoxy groups -OCH3 is 5. The summed E-state index contributed by atoms with van der Waals surface area (Å²) in [6.45, 7) is 0. The number of nitrogens with zero attached hydrogens (tertiary/aromatic N) is 3. The summed E-state index contributed by atoms with van der Waals surface area (Å²) in [5.74, 6) is 2.40. The fourth-order valence-corrected chi connectivity index (χ4v) is 2.76. The first-order valence-electron chi connectivity index (χ1n) is 8.38. The SMILES string of the molecule is COc1nnc(-c2ccc(OC)c(OC)c2)c(-c2ccc(OC)c(OC)c2)n1. The van der Waals surface area contributed by atoms with Crippen LogP contribution in [-0.4, -0.2) is 50.7 Å². The molecular weight excluding hydrogens is 362 g/mol. The molecular formula is C20H21N3O5. The number of benzene rings is 2. The maximum atomic E-state index is 5.41. The van der Waals surface area contributed by atoms with Crippen molar-refractivity contribution in [2.24, 2.45) is 0 Å². The van der Waals surface area contributed by atoms with Crippen molar-refractivity contribution in [1.29, 1.82) is 0 Å². The van der Waals surface area contributed by atoms with Gasteiger partial charge in [-0.1, -0.05) is 5.10 Å². The van der Waals surface area contributed by atoms with Crippen molar-refractivity contribution in [3.63, 3.8) is 0 Å². The Morgan fingerprint density at radius 1 is 0.536 bits per heavy atom. The maximum absolute atomic E-state index is 5.41. The van der Waals surface area contributed by atoms with Gasteiger partial charge in [0.15, 0.2) is 23.0 Å². The van der Waals surface area contributed by atoms with Crippen LogP contribution in [-0.2, 0) is 0 Å². The highest BCUT2D eigenvalue weighted by atomic mass is 16.5. The first kappa shape index (κ1) is 19.2. The maximum Gasteiger partial charge on any atom is 0.336 e. The summed E-state index contributed by atoms with van der Waals surface area (Å²) >= 11 is 0. The molecule has 0 atom stereocenters. The molecule has 0 fully saturated rings. The number of hydrogen-bond acceptors (Lipinski definition) is 8. The third-order valence-corrected chi connectivity index (χ3v) is 4.16. The zero-order valence-electron chi connectivity index (χ0n) is 16.3. The van der Waals surface area contributed by atoms with Crippen LogP contribution < -0.4 is 23.7 Å². The molecule has 0 spiro atoms. The van der Waals surface area contributed by atoms with Crippen LogP contribution >= 0.6 is 0 Å². The Bertz CT molecular complexity index is 978. The second kappa shape index (κ2) is 8.43. The number of ether oxygens (including phenoxy) is 5. The Hall–Kier alpha value is -3.55. The van der Waals surface area contributed by atoms with Gasteiger partial charge in [-0.25, -0.2) is 0 Å². The van der Waals surface area contributed by atoms with Crippen molar-refractivity contribution >= 4 is 0 Å². The molecule has 0 bridgehead atoms. The third kappa shape index (κ3) is 3.62. The van der Waals surface area contributed by atoms with E-state index in [1.807, 2.05) is 24.3 Å². The molecule has 8 nitrogen and oxygen atoms in total. The molecule has 0 unspecified atom stereocenters. The van der Waals surface area contributed by atoms with Gasteiger partial charge >= 0.3 is 6.01 Å². The minimum atomic E-state index is 0.161. The summed E-state index contributed by atoms with van der Waals surface area (Å²) < 4.78 is 26.6. The topological polar surface area (TPSA) is 84.8 Å². The zero-order valence-corrected chi connectivity index (χ0v) is 16.3.